The van der Waals surface area contributed by atoms with Crippen LogP contribution in [0.3, 0.4) is 0 Å². The molecule has 3 aliphatic rings. The highest BCUT2D eigenvalue weighted by Crippen LogP contribution is 2.46. The summed E-state index contributed by atoms with van der Waals surface area (Å²) in [5.41, 5.74) is 5.22. The molecule has 3 saturated carbocycles. The third kappa shape index (κ3) is 5.76. The van der Waals surface area contributed by atoms with Gasteiger partial charge in [-0.25, -0.2) is 4.39 Å². The number of rotatable bonds is 6. The Morgan fingerprint density at radius 3 is 1.74 bits per heavy atom. The van der Waals surface area contributed by atoms with Crippen LogP contribution in [0.2, 0.25) is 0 Å². The monoisotopic (exact) mass is 472 g/mol. The first kappa shape index (κ1) is 24.8. The fourth-order valence-corrected chi connectivity index (χ4v) is 7.67. The van der Waals surface area contributed by atoms with Crippen LogP contribution < -0.4 is 0 Å². The van der Waals surface area contributed by atoms with Crippen molar-refractivity contribution < 1.29 is 4.39 Å². The van der Waals surface area contributed by atoms with Crippen molar-refractivity contribution in [2.75, 3.05) is 0 Å². The molecule has 0 unspecified atom stereocenters. The molecule has 0 atom stereocenters. The van der Waals surface area contributed by atoms with Crippen molar-refractivity contribution in [1.29, 1.82) is 0 Å². The van der Waals surface area contributed by atoms with Gasteiger partial charge in [-0.15, -0.1) is 6.58 Å². The van der Waals surface area contributed by atoms with Gasteiger partial charge in [0.15, 0.2) is 0 Å². The molecule has 2 aromatic carbocycles. The molecule has 3 aliphatic carbocycles. The largest absolute Gasteiger partial charge is 0.207 e. The Balaban J connectivity index is 1.11. The first-order valence-electron chi connectivity index (χ1n) is 14.6. The Morgan fingerprint density at radius 1 is 0.686 bits per heavy atom. The van der Waals surface area contributed by atoms with Gasteiger partial charge in [-0.2, -0.15) is 0 Å². The molecule has 1 heteroatoms. The van der Waals surface area contributed by atoms with E-state index in [9.17, 15) is 0 Å². The van der Waals surface area contributed by atoms with Crippen LogP contribution in [0.1, 0.15) is 124 Å². The van der Waals surface area contributed by atoms with Crippen molar-refractivity contribution in [1.82, 2.24) is 0 Å². The predicted molar refractivity (Wildman–Crippen MR) is 147 cm³/mol. The second-order valence-electron chi connectivity index (χ2n) is 11.9. The lowest BCUT2D eigenvalue weighted by Crippen LogP contribution is -2.25. The molecule has 5 rings (SSSR count). The second kappa shape index (κ2) is 11.4. The van der Waals surface area contributed by atoms with Crippen molar-refractivity contribution in [3.63, 3.8) is 0 Å². The number of aryl methyl sites for hydroxylation is 1. The van der Waals surface area contributed by atoms with Crippen LogP contribution >= 0.6 is 0 Å². The van der Waals surface area contributed by atoms with Crippen molar-refractivity contribution in [2.45, 2.75) is 108 Å². The maximum Gasteiger partial charge on any atom is 0.126 e. The lowest BCUT2D eigenvalue weighted by atomic mass is 9.67. The van der Waals surface area contributed by atoms with Crippen LogP contribution in [0.4, 0.5) is 4.39 Å². The highest BCUT2D eigenvalue weighted by molar-refractivity contribution is 5.30. The fourth-order valence-electron chi connectivity index (χ4n) is 7.67. The van der Waals surface area contributed by atoms with Crippen LogP contribution in [0.25, 0.3) is 0 Å². The van der Waals surface area contributed by atoms with E-state index in [1.807, 2.05) is 6.07 Å². The smallest absolute Gasteiger partial charge is 0.126 e. The van der Waals surface area contributed by atoms with E-state index in [1.54, 1.807) is 5.56 Å². The van der Waals surface area contributed by atoms with Gasteiger partial charge in [-0.05, 0) is 147 Å². The van der Waals surface area contributed by atoms with Crippen molar-refractivity contribution in [2.24, 2.45) is 17.8 Å². The average Bonchev–Trinajstić information content (AvgIpc) is 2.93. The minimum absolute atomic E-state index is 0.0615. The summed E-state index contributed by atoms with van der Waals surface area (Å²) >= 11 is 0. The van der Waals surface area contributed by atoms with E-state index in [1.165, 1.54) is 88.2 Å². The molecule has 0 amide bonds. The molecule has 0 spiro atoms. The van der Waals surface area contributed by atoms with Gasteiger partial charge in [0.05, 0.1) is 0 Å². The molecular formula is C34H45F. The maximum absolute atomic E-state index is 15.2. The molecule has 2 aromatic rings. The molecule has 0 nitrogen and oxygen atoms in total. The Bertz CT molecular complexity index is 949. The van der Waals surface area contributed by atoms with Crippen molar-refractivity contribution in [3.8, 4) is 0 Å². The van der Waals surface area contributed by atoms with Gasteiger partial charge in [0.25, 0.3) is 0 Å². The molecule has 0 heterocycles. The topological polar surface area (TPSA) is 0 Å². The number of benzene rings is 2. The molecular weight excluding hydrogens is 427 g/mol. The maximum atomic E-state index is 15.2. The molecule has 0 N–H and O–H groups in total. The highest BCUT2D eigenvalue weighted by atomic mass is 19.1. The summed E-state index contributed by atoms with van der Waals surface area (Å²) in [5, 5.41) is 0. The quantitative estimate of drug-likeness (QED) is 0.367. The molecule has 0 aromatic heterocycles. The Labute approximate surface area is 213 Å². The Hall–Kier alpha value is -1.89. The molecule has 188 valence electrons. The zero-order valence-electron chi connectivity index (χ0n) is 21.9. The van der Waals surface area contributed by atoms with Gasteiger partial charge in [0.2, 0.25) is 0 Å². The molecule has 35 heavy (non-hydrogen) atoms. The van der Waals surface area contributed by atoms with E-state index in [2.05, 4.69) is 56.0 Å². The second-order valence-corrected chi connectivity index (χ2v) is 11.9. The predicted octanol–water partition coefficient (Wildman–Crippen LogP) is 10.1. The van der Waals surface area contributed by atoms with Gasteiger partial charge in [-0.3, -0.25) is 0 Å². The Morgan fingerprint density at radius 2 is 1.20 bits per heavy atom. The summed E-state index contributed by atoms with van der Waals surface area (Å²) in [6, 6.07) is 15.7. The highest BCUT2D eigenvalue weighted by Gasteiger charge is 2.32. The Kier molecular flexibility index (Phi) is 8.11. The van der Waals surface area contributed by atoms with Gasteiger partial charge < -0.3 is 0 Å². The lowest BCUT2D eigenvalue weighted by molar-refractivity contribution is 0.176. The fraction of sp³-hybridized carbons (Fsp3) is 0.588. The lowest BCUT2D eigenvalue weighted by Gasteiger charge is -2.38. The van der Waals surface area contributed by atoms with Gasteiger partial charge in [0.1, 0.15) is 5.82 Å². The molecule has 0 bridgehead atoms. The SMILES string of the molecule is C=CC1CCC(c2ccc(C3CCC(C4CCC(c5ccc(CC)cc5)CC4)CC3)c(F)c2)CC1. The van der Waals surface area contributed by atoms with E-state index in [0.29, 0.717) is 17.8 Å². The third-order valence-electron chi connectivity index (χ3n) is 10.1. The van der Waals surface area contributed by atoms with Crippen LogP contribution in [0.15, 0.2) is 55.1 Å². The molecule has 3 fully saturated rings. The zero-order chi connectivity index (χ0) is 24.2. The number of halogens is 1. The van der Waals surface area contributed by atoms with Crippen LogP contribution in [-0.4, -0.2) is 0 Å². The van der Waals surface area contributed by atoms with Crippen LogP contribution in [0.5, 0.6) is 0 Å². The minimum Gasteiger partial charge on any atom is -0.207 e. The normalized spacial score (nSPS) is 31.7. The molecule has 0 aliphatic heterocycles. The zero-order valence-corrected chi connectivity index (χ0v) is 21.9. The van der Waals surface area contributed by atoms with Gasteiger partial charge in [0, 0.05) is 0 Å². The summed E-state index contributed by atoms with van der Waals surface area (Å²) in [6.45, 7) is 6.19. The summed E-state index contributed by atoms with van der Waals surface area (Å²) in [5.74, 6) is 4.18. The summed E-state index contributed by atoms with van der Waals surface area (Å²) in [6.07, 6.45) is 18.4. The van der Waals surface area contributed by atoms with E-state index in [-0.39, 0.29) is 5.82 Å². The first-order chi connectivity index (χ1) is 17.1. The van der Waals surface area contributed by atoms with E-state index in [0.717, 1.165) is 29.7 Å². The van der Waals surface area contributed by atoms with Crippen LogP contribution in [-0.2, 0) is 6.42 Å². The van der Waals surface area contributed by atoms with E-state index >= 15 is 4.39 Å². The number of hydrogen-bond donors (Lipinski definition) is 0. The molecule has 0 radical (unpaired) electrons. The summed E-state index contributed by atoms with van der Waals surface area (Å²) in [4.78, 5) is 0. The average molecular weight is 473 g/mol. The number of hydrogen-bond acceptors (Lipinski definition) is 0. The number of allylic oxidation sites excluding steroid dienone is 1. The summed E-state index contributed by atoms with van der Waals surface area (Å²) in [7, 11) is 0. The summed E-state index contributed by atoms with van der Waals surface area (Å²) < 4.78 is 15.2. The van der Waals surface area contributed by atoms with E-state index in [4.69, 9.17) is 0 Å². The van der Waals surface area contributed by atoms with Crippen LogP contribution in [0, 0.1) is 23.6 Å². The van der Waals surface area contributed by atoms with Gasteiger partial charge >= 0.3 is 0 Å². The first-order valence-corrected chi connectivity index (χ1v) is 14.6. The van der Waals surface area contributed by atoms with Gasteiger partial charge in [-0.1, -0.05) is 49.4 Å². The van der Waals surface area contributed by atoms with Crippen molar-refractivity contribution >= 4 is 0 Å². The minimum atomic E-state index is 0.0615. The third-order valence-corrected chi connectivity index (χ3v) is 10.1. The van der Waals surface area contributed by atoms with Crippen molar-refractivity contribution in [3.05, 3.63) is 83.2 Å². The standard InChI is InChI=1S/C34H45F/c1-3-24-5-9-26(10-6-24)27-13-15-28(16-14-27)29-17-19-31(20-18-29)33-22-21-32(23-34(33)35)30-11-7-25(4-2)8-12-30/h4-6,9-10,21-23,25,27-31H,2-3,7-8,11-20H2,1H3. The van der Waals surface area contributed by atoms with E-state index < -0.39 is 0 Å². The molecule has 0 saturated heterocycles.